The third-order valence-electron chi connectivity index (χ3n) is 6.04. The molecule has 0 bridgehead atoms. The molecule has 0 saturated carbocycles. The summed E-state index contributed by atoms with van der Waals surface area (Å²) in [5.41, 5.74) is 7.25. The van der Waals surface area contributed by atoms with E-state index in [-0.39, 0.29) is 11.5 Å². The van der Waals surface area contributed by atoms with Gasteiger partial charge in [0, 0.05) is 11.1 Å². The predicted molar refractivity (Wildman–Crippen MR) is 178 cm³/mol. The van der Waals surface area contributed by atoms with Crippen LogP contribution in [0.3, 0.4) is 0 Å². The van der Waals surface area contributed by atoms with Crippen LogP contribution in [-0.4, -0.2) is 10.2 Å². The van der Waals surface area contributed by atoms with Gasteiger partial charge in [-0.2, -0.15) is 0 Å². The maximum absolute atomic E-state index is 11.8. The second-order valence-electron chi connectivity index (χ2n) is 8.77. The highest BCUT2D eigenvalue weighted by Gasteiger charge is 2.25. The summed E-state index contributed by atoms with van der Waals surface area (Å²) in [7, 11) is 0. The van der Waals surface area contributed by atoms with Crippen LogP contribution >= 0.6 is 11.8 Å². The number of benzene rings is 2. The number of phenolic OH excluding ortho intramolecular Hbond substituents is 2. The summed E-state index contributed by atoms with van der Waals surface area (Å²) in [5, 5.41) is 23.6. The van der Waals surface area contributed by atoms with Gasteiger partial charge in [0.2, 0.25) is 0 Å². The van der Waals surface area contributed by atoms with Gasteiger partial charge in [-0.1, -0.05) is 109 Å². The molecule has 2 nitrogen and oxygen atoms in total. The molecule has 0 aromatic heterocycles. The van der Waals surface area contributed by atoms with Gasteiger partial charge in [-0.3, -0.25) is 0 Å². The number of phenols is 2. The second-order valence-corrected chi connectivity index (χ2v) is 9.79. The first-order chi connectivity index (χ1) is 18.9. The van der Waals surface area contributed by atoms with Crippen LogP contribution in [0.25, 0.3) is 48.6 Å². The molecule has 0 aliphatic carbocycles. The van der Waals surface area contributed by atoms with E-state index in [4.69, 9.17) is 0 Å². The summed E-state index contributed by atoms with van der Waals surface area (Å²) in [4.78, 5) is 1.39. The highest BCUT2D eigenvalue weighted by molar-refractivity contribution is 7.99. The highest BCUT2D eigenvalue weighted by atomic mass is 32.2. The SMILES string of the molecule is C/C=C/c1c(O)c(Sc2c(O)c(/C=C/C)c(/C=C/C)c(/C=C/C)c2/C=C/C)c(/C=C/C)c(/C=C/C)c1/C=C/C. The van der Waals surface area contributed by atoms with Crippen molar-refractivity contribution in [3.8, 4) is 11.5 Å². The lowest BCUT2D eigenvalue weighted by atomic mass is 9.92. The zero-order valence-electron chi connectivity index (χ0n) is 24.5. The summed E-state index contributed by atoms with van der Waals surface area (Å²) in [6.07, 6.45) is 32.1. The monoisotopic (exact) mass is 538 g/mol. The van der Waals surface area contributed by atoms with Gasteiger partial charge in [-0.05, 0) is 88.8 Å². The number of aromatic hydroxyl groups is 2. The zero-order valence-corrected chi connectivity index (χ0v) is 25.4. The van der Waals surface area contributed by atoms with Gasteiger partial charge >= 0.3 is 0 Å². The molecule has 204 valence electrons. The van der Waals surface area contributed by atoms with Crippen LogP contribution in [0.4, 0.5) is 0 Å². The van der Waals surface area contributed by atoms with Crippen LogP contribution in [0, 0.1) is 0 Å². The quantitative estimate of drug-likeness (QED) is 0.316. The Hall–Kier alpha value is -3.69. The fourth-order valence-corrected chi connectivity index (χ4v) is 5.80. The first-order valence-corrected chi connectivity index (χ1v) is 14.3. The Balaban J connectivity index is 3.22. The lowest BCUT2D eigenvalue weighted by molar-refractivity contribution is 0.458. The molecule has 0 aliphatic heterocycles. The van der Waals surface area contributed by atoms with Crippen LogP contribution < -0.4 is 0 Å². The second kappa shape index (κ2) is 15.7. The van der Waals surface area contributed by atoms with Gasteiger partial charge in [0.1, 0.15) is 11.5 Å². The molecule has 2 aromatic carbocycles. The van der Waals surface area contributed by atoms with Gasteiger partial charge in [-0.25, -0.2) is 0 Å². The molecule has 0 atom stereocenters. The van der Waals surface area contributed by atoms with Crippen LogP contribution in [0.2, 0.25) is 0 Å². The van der Waals surface area contributed by atoms with Crippen LogP contribution in [0.1, 0.15) is 99.9 Å². The molecule has 2 N–H and O–H groups in total. The fourth-order valence-electron chi connectivity index (χ4n) is 4.61. The van der Waals surface area contributed by atoms with E-state index in [2.05, 4.69) is 12.2 Å². The van der Waals surface area contributed by atoms with Crippen LogP contribution in [-0.2, 0) is 0 Å². The van der Waals surface area contributed by atoms with E-state index >= 15 is 0 Å². The normalized spacial score (nSPS) is 13.1. The minimum atomic E-state index is 0.191. The van der Waals surface area contributed by atoms with Crippen molar-refractivity contribution in [2.24, 2.45) is 0 Å². The number of allylic oxidation sites excluding steroid dienone is 8. The van der Waals surface area contributed by atoms with Gasteiger partial charge in [0.15, 0.2) is 0 Å². The van der Waals surface area contributed by atoms with Gasteiger partial charge in [0.25, 0.3) is 0 Å². The average Bonchev–Trinajstić information content (AvgIpc) is 2.92. The highest BCUT2D eigenvalue weighted by Crippen LogP contribution is 2.51. The van der Waals surface area contributed by atoms with Crippen molar-refractivity contribution in [3.63, 3.8) is 0 Å². The first kappa shape index (κ1) is 31.5. The molecule has 2 rings (SSSR count). The van der Waals surface area contributed by atoms with Crippen molar-refractivity contribution in [2.45, 2.75) is 65.2 Å². The molecule has 2 aromatic rings. The first-order valence-electron chi connectivity index (χ1n) is 13.5. The van der Waals surface area contributed by atoms with E-state index in [1.807, 2.05) is 140 Å². The lowest BCUT2D eigenvalue weighted by Gasteiger charge is -2.22. The molecule has 3 heteroatoms. The molecule has 0 heterocycles. The van der Waals surface area contributed by atoms with Crippen LogP contribution in [0.5, 0.6) is 11.5 Å². The molecule has 0 amide bonds. The van der Waals surface area contributed by atoms with E-state index in [0.29, 0.717) is 9.79 Å². The van der Waals surface area contributed by atoms with Crippen molar-refractivity contribution in [1.29, 1.82) is 0 Å². The maximum Gasteiger partial charge on any atom is 0.137 e. The van der Waals surface area contributed by atoms with E-state index in [1.165, 1.54) is 11.8 Å². The predicted octanol–water partition coefficient (Wildman–Crippen LogP) is 11.5. The van der Waals surface area contributed by atoms with Gasteiger partial charge in [0.05, 0.1) is 9.79 Å². The summed E-state index contributed by atoms with van der Waals surface area (Å²) >= 11 is 1.40. The minimum Gasteiger partial charge on any atom is -0.506 e. The summed E-state index contributed by atoms with van der Waals surface area (Å²) in [6, 6.07) is 0. The van der Waals surface area contributed by atoms with E-state index < -0.39 is 0 Å². The third kappa shape index (κ3) is 6.85. The molecule has 0 unspecified atom stereocenters. The van der Waals surface area contributed by atoms with Crippen molar-refractivity contribution in [3.05, 3.63) is 93.1 Å². The summed E-state index contributed by atoms with van der Waals surface area (Å²) in [5.74, 6) is 0.382. The summed E-state index contributed by atoms with van der Waals surface area (Å²) in [6.45, 7) is 15.8. The number of hydrogen-bond acceptors (Lipinski definition) is 3. The average molecular weight is 539 g/mol. The van der Waals surface area contributed by atoms with Crippen molar-refractivity contribution >= 4 is 60.4 Å². The van der Waals surface area contributed by atoms with Crippen molar-refractivity contribution in [2.75, 3.05) is 0 Å². The Morgan fingerprint density at radius 3 is 0.795 bits per heavy atom. The molecular formula is C36H42O2S. The molecule has 0 spiro atoms. The number of hydrogen-bond donors (Lipinski definition) is 2. The Bertz CT molecular complexity index is 1300. The van der Waals surface area contributed by atoms with Crippen LogP contribution in [0.15, 0.2) is 58.4 Å². The third-order valence-corrected chi connectivity index (χ3v) is 7.28. The molecule has 0 saturated heterocycles. The fraction of sp³-hybridized carbons (Fsp3) is 0.222. The van der Waals surface area contributed by atoms with E-state index in [9.17, 15) is 10.2 Å². The maximum atomic E-state index is 11.8. The van der Waals surface area contributed by atoms with Gasteiger partial charge in [-0.15, -0.1) is 0 Å². The molecular weight excluding hydrogens is 496 g/mol. The topological polar surface area (TPSA) is 40.5 Å². The molecule has 0 fully saturated rings. The Kier molecular flexibility index (Phi) is 12.7. The van der Waals surface area contributed by atoms with Crippen molar-refractivity contribution < 1.29 is 10.2 Å². The smallest absolute Gasteiger partial charge is 0.137 e. The molecule has 0 aliphatic rings. The Morgan fingerprint density at radius 1 is 0.333 bits per heavy atom. The largest absolute Gasteiger partial charge is 0.506 e. The molecule has 39 heavy (non-hydrogen) atoms. The lowest BCUT2D eigenvalue weighted by Crippen LogP contribution is -1.99. The van der Waals surface area contributed by atoms with Crippen molar-refractivity contribution in [1.82, 2.24) is 0 Å². The summed E-state index contributed by atoms with van der Waals surface area (Å²) < 4.78 is 0. The van der Waals surface area contributed by atoms with Gasteiger partial charge < -0.3 is 10.2 Å². The Morgan fingerprint density at radius 2 is 0.538 bits per heavy atom. The van der Waals surface area contributed by atoms with E-state index in [1.54, 1.807) is 0 Å². The standard InChI is InChI=1S/C36H42O2S/c1-9-17-25-27(19-11-3)31(23-15-7)35(33(37)29(25)21-13-5)39-36-32(24-16-8)28(20-12-4)26(18-10-2)30(22-14-6)34(36)38/h9-24,37-38H,1-8H3/b17-9+,18-10+,19-11+,20-12+,21-13+,22-14+,23-15+,24-16+. The van der Waals surface area contributed by atoms with E-state index in [0.717, 1.165) is 44.5 Å². The minimum absolute atomic E-state index is 0.191. The Labute approximate surface area is 239 Å². The zero-order chi connectivity index (χ0) is 28.9. The number of rotatable bonds is 10. The molecule has 0 radical (unpaired) electrons.